The Bertz CT molecular complexity index is 1040. The molecule has 1 saturated carbocycles. The first-order valence-corrected chi connectivity index (χ1v) is 8.54. The Hall–Kier alpha value is -3.47. The van der Waals surface area contributed by atoms with Crippen molar-refractivity contribution in [3.05, 3.63) is 67.0 Å². The molecular formula is C19H17N3O5. The van der Waals surface area contributed by atoms with E-state index in [1.165, 1.54) is 31.2 Å². The van der Waals surface area contributed by atoms with E-state index in [0.717, 1.165) is 17.4 Å². The molecule has 0 saturated heterocycles. The molecule has 0 unspecified atom stereocenters. The summed E-state index contributed by atoms with van der Waals surface area (Å²) in [7, 11) is 0. The average Bonchev–Trinajstić information content (AvgIpc) is 3.16. The van der Waals surface area contributed by atoms with Crippen LogP contribution in [0.4, 0.5) is 5.69 Å². The molecule has 8 nitrogen and oxygen atoms in total. The fraction of sp³-hybridized carbons (Fsp3) is 0.316. The fourth-order valence-electron chi connectivity index (χ4n) is 3.65. The van der Waals surface area contributed by atoms with E-state index in [1.807, 2.05) is 6.07 Å². The number of hydrogen-bond acceptors (Lipinski definition) is 6. The molecule has 0 radical (unpaired) electrons. The van der Waals surface area contributed by atoms with Gasteiger partial charge < -0.3 is 5.11 Å². The fourth-order valence-corrected chi connectivity index (χ4v) is 3.65. The number of ketones is 1. The third-order valence-electron chi connectivity index (χ3n) is 5.01. The number of para-hydroxylation sites is 1. The van der Waals surface area contributed by atoms with Gasteiger partial charge in [-0.3, -0.25) is 24.3 Å². The molecule has 1 N–H and O–H groups in total. The van der Waals surface area contributed by atoms with Gasteiger partial charge >= 0.3 is 0 Å². The Balaban J connectivity index is 2.29. The Morgan fingerprint density at radius 2 is 1.96 bits per heavy atom. The van der Waals surface area contributed by atoms with Gasteiger partial charge in [0.25, 0.3) is 11.2 Å². The van der Waals surface area contributed by atoms with E-state index in [0.29, 0.717) is 12.8 Å². The lowest BCUT2D eigenvalue weighted by molar-refractivity contribution is -0.385. The molecule has 0 aliphatic heterocycles. The number of carbonyl (C=O) groups excluding carboxylic acids is 1. The molecule has 1 aliphatic carbocycles. The first kappa shape index (κ1) is 18.3. The van der Waals surface area contributed by atoms with Gasteiger partial charge in [0.05, 0.1) is 10.5 Å². The molecule has 1 aromatic heterocycles. The number of pyridine rings is 1. The normalized spacial score (nSPS) is 14.1. The third kappa shape index (κ3) is 2.97. The van der Waals surface area contributed by atoms with Crippen LogP contribution in [0.25, 0.3) is 0 Å². The number of nitrogens with zero attached hydrogens (tertiary/aromatic N) is 3. The summed E-state index contributed by atoms with van der Waals surface area (Å²) in [5.41, 5.74) is -1.70. The van der Waals surface area contributed by atoms with Crippen LogP contribution in [-0.4, -0.2) is 20.4 Å². The summed E-state index contributed by atoms with van der Waals surface area (Å²) in [6.45, 7) is 1.39. The Labute approximate surface area is 154 Å². The SMILES string of the molecule is Cc1c(C(=O)c2ccccc2[N+](=O)[O-])c(O)n(C2CCCC2)c(=O)c1C#N. The largest absolute Gasteiger partial charge is 0.494 e. The molecule has 138 valence electrons. The predicted octanol–water partition coefficient (Wildman–Crippen LogP) is 2.99. The van der Waals surface area contributed by atoms with Gasteiger partial charge in [0.1, 0.15) is 17.2 Å². The molecular weight excluding hydrogens is 350 g/mol. The van der Waals surface area contributed by atoms with Crippen LogP contribution in [0.15, 0.2) is 29.1 Å². The molecule has 1 fully saturated rings. The zero-order chi connectivity index (χ0) is 19.7. The third-order valence-corrected chi connectivity index (χ3v) is 5.01. The van der Waals surface area contributed by atoms with Crippen LogP contribution < -0.4 is 5.56 Å². The quantitative estimate of drug-likeness (QED) is 0.503. The maximum absolute atomic E-state index is 13.1. The average molecular weight is 367 g/mol. The summed E-state index contributed by atoms with van der Waals surface area (Å²) >= 11 is 0. The van der Waals surface area contributed by atoms with Crippen molar-refractivity contribution in [3.8, 4) is 11.9 Å². The van der Waals surface area contributed by atoms with Crippen LogP contribution >= 0.6 is 0 Å². The molecule has 0 atom stereocenters. The monoisotopic (exact) mass is 367 g/mol. The maximum Gasteiger partial charge on any atom is 0.280 e. The number of hydrogen-bond donors (Lipinski definition) is 1. The van der Waals surface area contributed by atoms with Crippen LogP contribution in [0.2, 0.25) is 0 Å². The second kappa shape index (κ2) is 7.03. The Morgan fingerprint density at radius 3 is 2.56 bits per heavy atom. The summed E-state index contributed by atoms with van der Waals surface area (Å²) < 4.78 is 1.10. The van der Waals surface area contributed by atoms with Gasteiger partial charge in [-0.05, 0) is 31.4 Å². The van der Waals surface area contributed by atoms with Crippen molar-refractivity contribution in [3.63, 3.8) is 0 Å². The molecule has 0 spiro atoms. The molecule has 1 aliphatic rings. The standard InChI is InChI=1S/C19H17N3O5/c1-11-14(10-20)18(24)21(12-6-2-3-7-12)19(25)16(11)17(23)13-8-4-5-9-15(13)22(26)27/h4-5,8-9,12,25H,2-3,6-7H2,1H3. The van der Waals surface area contributed by atoms with E-state index in [2.05, 4.69) is 0 Å². The first-order valence-electron chi connectivity index (χ1n) is 8.54. The minimum atomic E-state index is -0.791. The molecule has 1 heterocycles. The molecule has 3 rings (SSSR count). The van der Waals surface area contributed by atoms with Gasteiger partial charge in [-0.1, -0.05) is 25.0 Å². The highest BCUT2D eigenvalue weighted by molar-refractivity contribution is 6.13. The molecule has 2 aromatic rings. The zero-order valence-electron chi connectivity index (χ0n) is 14.6. The van der Waals surface area contributed by atoms with E-state index in [1.54, 1.807) is 0 Å². The number of nitro benzene ring substituents is 1. The van der Waals surface area contributed by atoms with Crippen molar-refractivity contribution in [2.24, 2.45) is 0 Å². The molecule has 8 heteroatoms. The van der Waals surface area contributed by atoms with Gasteiger partial charge in [-0.15, -0.1) is 0 Å². The van der Waals surface area contributed by atoms with Gasteiger partial charge in [0.15, 0.2) is 0 Å². The highest BCUT2D eigenvalue weighted by atomic mass is 16.6. The van der Waals surface area contributed by atoms with Crippen LogP contribution in [0, 0.1) is 28.4 Å². The number of rotatable bonds is 4. The minimum absolute atomic E-state index is 0.0254. The Kier molecular flexibility index (Phi) is 4.77. The molecule has 0 amide bonds. The smallest absolute Gasteiger partial charge is 0.280 e. The van der Waals surface area contributed by atoms with Crippen molar-refractivity contribution in [1.29, 1.82) is 5.26 Å². The first-order chi connectivity index (χ1) is 12.9. The van der Waals surface area contributed by atoms with Crippen LogP contribution in [0.5, 0.6) is 5.88 Å². The Morgan fingerprint density at radius 1 is 1.33 bits per heavy atom. The van der Waals surface area contributed by atoms with E-state index < -0.39 is 27.8 Å². The highest BCUT2D eigenvalue weighted by Gasteiger charge is 2.31. The van der Waals surface area contributed by atoms with E-state index in [-0.39, 0.29) is 28.3 Å². The summed E-state index contributed by atoms with van der Waals surface area (Å²) in [5.74, 6) is -1.33. The molecule has 27 heavy (non-hydrogen) atoms. The van der Waals surface area contributed by atoms with Crippen molar-refractivity contribution in [1.82, 2.24) is 4.57 Å². The number of benzene rings is 1. The van der Waals surface area contributed by atoms with Crippen LogP contribution in [-0.2, 0) is 0 Å². The summed E-state index contributed by atoms with van der Waals surface area (Å²) in [6.07, 6.45) is 3.06. The maximum atomic E-state index is 13.1. The summed E-state index contributed by atoms with van der Waals surface area (Å²) in [5, 5.41) is 31.4. The van der Waals surface area contributed by atoms with Crippen molar-refractivity contribution in [2.75, 3.05) is 0 Å². The highest BCUT2D eigenvalue weighted by Crippen LogP contribution is 2.35. The van der Waals surface area contributed by atoms with Crippen molar-refractivity contribution < 1.29 is 14.8 Å². The number of aromatic nitrogens is 1. The van der Waals surface area contributed by atoms with Crippen molar-refractivity contribution in [2.45, 2.75) is 38.6 Å². The van der Waals surface area contributed by atoms with Gasteiger partial charge in [0.2, 0.25) is 11.7 Å². The second-order valence-corrected chi connectivity index (χ2v) is 6.53. The lowest BCUT2D eigenvalue weighted by Gasteiger charge is -2.20. The number of nitro groups is 1. The van der Waals surface area contributed by atoms with E-state index in [4.69, 9.17) is 0 Å². The molecule has 0 bridgehead atoms. The van der Waals surface area contributed by atoms with Gasteiger partial charge in [0, 0.05) is 12.1 Å². The predicted molar refractivity (Wildman–Crippen MR) is 95.9 cm³/mol. The van der Waals surface area contributed by atoms with Crippen LogP contribution in [0.1, 0.15) is 58.8 Å². The summed E-state index contributed by atoms with van der Waals surface area (Å²) in [4.78, 5) is 36.3. The van der Waals surface area contributed by atoms with E-state index >= 15 is 0 Å². The number of carbonyl (C=O) groups is 1. The number of aromatic hydroxyl groups is 1. The van der Waals surface area contributed by atoms with Gasteiger partial charge in [-0.2, -0.15) is 5.26 Å². The van der Waals surface area contributed by atoms with Crippen molar-refractivity contribution >= 4 is 11.5 Å². The van der Waals surface area contributed by atoms with E-state index in [9.17, 15) is 30.1 Å². The minimum Gasteiger partial charge on any atom is -0.494 e. The van der Waals surface area contributed by atoms with Crippen LogP contribution in [0.3, 0.4) is 0 Å². The second-order valence-electron chi connectivity index (χ2n) is 6.53. The molecule has 1 aromatic carbocycles. The lowest BCUT2D eigenvalue weighted by Crippen LogP contribution is -2.29. The zero-order valence-corrected chi connectivity index (χ0v) is 14.6. The summed E-state index contributed by atoms with van der Waals surface area (Å²) in [6, 6.07) is 6.89. The number of nitriles is 1. The topological polar surface area (TPSA) is 126 Å². The lowest BCUT2D eigenvalue weighted by atomic mass is 9.96. The van der Waals surface area contributed by atoms with Gasteiger partial charge in [-0.25, -0.2) is 0 Å².